The van der Waals surface area contributed by atoms with Crippen molar-refractivity contribution in [3.05, 3.63) is 33.8 Å². The molecule has 1 aromatic carbocycles. The van der Waals surface area contributed by atoms with E-state index in [0.29, 0.717) is 23.1 Å². The number of anilines is 2. The average molecular weight is 394 g/mol. The van der Waals surface area contributed by atoms with E-state index in [4.69, 9.17) is 12.2 Å². The quantitative estimate of drug-likeness (QED) is 0.665. The Kier molecular flexibility index (Phi) is 7.31. The molecule has 2 N–H and O–H groups in total. The summed E-state index contributed by atoms with van der Waals surface area (Å²) in [5.74, 6) is 0.501. The maximum Gasteiger partial charge on any atom is 0.234 e. The zero-order chi connectivity index (χ0) is 19.3. The van der Waals surface area contributed by atoms with Gasteiger partial charge in [0.15, 0.2) is 3.95 Å². The summed E-state index contributed by atoms with van der Waals surface area (Å²) < 4.78 is 2.40. The van der Waals surface area contributed by atoms with Gasteiger partial charge in [-0.2, -0.15) is 0 Å². The Bertz CT molecular complexity index is 780. The Labute approximate surface area is 164 Å². The van der Waals surface area contributed by atoms with Crippen molar-refractivity contribution in [2.24, 2.45) is 0 Å². The van der Waals surface area contributed by atoms with Crippen LogP contribution in [0.15, 0.2) is 24.3 Å². The number of carbonyl (C=O) groups excluding carboxylic acids is 1. The predicted molar refractivity (Wildman–Crippen MR) is 111 cm³/mol. The third-order valence-electron chi connectivity index (χ3n) is 3.67. The summed E-state index contributed by atoms with van der Waals surface area (Å²) in [6, 6.07) is 8.46. The van der Waals surface area contributed by atoms with Crippen molar-refractivity contribution < 1.29 is 4.79 Å². The van der Waals surface area contributed by atoms with Gasteiger partial charge in [0, 0.05) is 11.7 Å². The van der Waals surface area contributed by atoms with Gasteiger partial charge in [0.05, 0.1) is 13.2 Å². The lowest BCUT2D eigenvalue weighted by atomic mass is 10.0. The monoisotopic (exact) mass is 393 g/mol. The van der Waals surface area contributed by atoms with E-state index in [0.717, 1.165) is 10.8 Å². The first-order valence-electron chi connectivity index (χ1n) is 8.67. The molecule has 142 valence electrons. The number of aromatic nitrogens is 2. The predicted octanol–water partition coefficient (Wildman–Crippen LogP) is 3.95. The van der Waals surface area contributed by atoms with E-state index < -0.39 is 0 Å². The molecule has 0 atom stereocenters. The van der Waals surface area contributed by atoms with Gasteiger partial charge in [-0.25, -0.2) is 4.68 Å². The molecule has 1 amide bonds. The molecule has 26 heavy (non-hydrogen) atoms. The molecule has 0 radical (unpaired) electrons. The minimum absolute atomic E-state index is 0.00663. The lowest BCUT2D eigenvalue weighted by molar-refractivity contribution is -0.122. The zero-order valence-corrected chi connectivity index (χ0v) is 17.6. The largest absolute Gasteiger partial charge is 0.353 e. The summed E-state index contributed by atoms with van der Waals surface area (Å²) >= 11 is 6.82. The van der Waals surface area contributed by atoms with Crippen molar-refractivity contribution >= 4 is 40.3 Å². The SMILES string of the molecule is CC(C)NC(=O)CN(C)Cn1nc(Nc2ccc(C(C)C)cc2)sc1=S. The fraction of sp³-hybridized carbons (Fsp3) is 0.500. The topological polar surface area (TPSA) is 62.2 Å². The maximum atomic E-state index is 11.8. The highest BCUT2D eigenvalue weighted by Gasteiger charge is 2.11. The summed E-state index contributed by atoms with van der Waals surface area (Å²) in [5, 5.41) is 11.4. The smallest absolute Gasteiger partial charge is 0.234 e. The van der Waals surface area contributed by atoms with Gasteiger partial charge in [-0.1, -0.05) is 37.3 Å². The molecule has 8 heteroatoms. The zero-order valence-electron chi connectivity index (χ0n) is 15.9. The highest BCUT2D eigenvalue weighted by molar-refractivity contribution is 7.73. The van der Waals surface area contributed by atoms with E-state index in [1.807, 2.05) is 37.9 Å². The molecule has 0 aliphatic heterocycles. The summed E-state index contributed by atoms with van der Waals surface area (Å²) in [4.78, 5) is 13.7. The number of amides is 1. The second-order valence-corrected chi connectivity index (χ2v) is 8.57. The van der Waals surface area contributed by atoms with Gasteiger partial charge in [0.1, 0.15) is 0 Å². The van der Waals surface area contributed by atoms with E-state index in [9.17, 15) is 4.79 Å². The number of nitrogens with one attached hydrogen (secondary N) is 2. The molecule has 2 rings (SSSR count). The molecule has 0 spiro atoms. The van der Waals surface area contributed by atoms with E-state index in [2.05, 4.69) is 41.7 Å². The number of hydrogen-bond acceptors (Lipinski definition) is 6. The lowest BCUT2D eigenvalue weighted by Crippen LogP contribution is -2.39. The summed E-state index contributed by atoms with van der Waals surface area (Å²) in [6.07, 6.45) is 0. The molecule has 0 unspecified atom stereocenters. The van der Waals surface area contributed by atoms with Crippen LogP contribution in [0.1, 0.15) is 39.2 Å². The minimum atomic E-state index is -0.00663. The van der Waals surface area contributed by atoms with Gasteiger partial charge in [-0.05, 0) is 56.7 Å². The van der Waals surface area contributed by atoms with Crippen molar-refractivity contribution in [1.82, 2.24) is 20.0 Å². The summed E-state index contributed by atoms with van der Waals surface area (Å²) in [6.45, 7) is 9.01. The average Bonchev–Trinajstić information content (AvgIpc) is 2.86. The van der Waals surface area contributed by atoms with Crippen LogP contribution in [0.5, 0.6) is 0 Å². The Hall–Kier alpha value is -1.77. The summed E-state index contributed by atoms with van der Waals surface area (Å²) in [7, 11) is 1.87. The molecular weight excluding hydrogens is 366 g/mol. The Morgan fingerprint density at radius 1 is 1.27 bits per heavy atom. The number of rotatable bonds is 8. The molecule has 0 bridgehead atoms. The standard InChI is InChI=1S/C18H27N5OS2/c1-12(2)14-6-8-15(9-7-14)20-17-21-23(18(25)26-17)11-22(5)10-16(24)19-13(3)4/h6-9,12-13H,10-11H2,1-5H3,(H,19,24)(H,20,21). The molecular formula is C18H27N5OS2. The van der Waals surface area contributed by atoms with Crippen LogP contribution in [0.2, 0.25) is 0 Å². The Balaban J connectivity index is 1.97. The number of carbonyl (C=O) groups is 1. The van der Waals surface area contributed by atoms with E-state index >= 15 is 0 Å². The summed E-state index contributed by atoms with van der Waals surface area (Å²) in [5.41, 5.74) is 2.28. The normalized spacial score (nSPS) is 11.4. The highest BCUT2D eigenvalue weighted by Crippen LogP contribution is 2.22. The highest BCUT2D eigenvalue weighted by atomic mass is 32.1. The Morgan fingerprint density at radius 2 is 1.92 bits per heavy atom. The van der Waals surface area contributed by atoms with Crippen LogP contribution < -0.4 is 10.6 Å². The number of nitrogens with zero attached hydrogens (tertiary/aromatic N) is 3. The van der Waals surface area contributed by atoms with Crippen molar-refractivity contribution in [3.8, 4) is 0 Å². The molecule has 6 nitrogen and oxygen atoms in total. The number of likely N-dealkylation sites (N-methyl/N-ethyl adjacent to an activating group) is 1. The van der Waals surface area contributed by atoms with Crippen LogP contribution in [0.25, 0.3) is 0 Å². The van der Waals surface area contributed by atoms with Crippen LogP contribution in [0.4, 0.5) is 10.8 Å². The second-order valence-electron chi connectivity index (χ2n) is 6.95. The molecule has 0 saturated heterocycles. The molecule has 0 aliphatic rings. The molecule has 2 aromatic rings. The van der Waals surface area contributed by atoms with Crippen molar-refractivity contribution in [2.45, 2.75) is 46.3 Å². The van der Waals surface area contributed by atoms with Crippen LogP contribution in [-0.4, -0.2) is 40.2 Å². The molecule has 1 heterocycles. The third kappa shape index (κ3) is 6.19. The van der Waals surface area contributed by atoms with Gasteiger partial charge in [0.2, 0.25) is 11.0 Å². The van der Waals surface area contributed by atoms with Gasteiger partial charge in [-0.3, -0.25) is 9.69 Å². The first-order valence-corrected chi connectivity index (χ1v) is 9.90. The first-order chi connectivity index (χ1) is 12.2. The second kappa shape index (κ2) is 9.25. The fourth-order valence-electron chi connectivity index (χ4n) is 2.41. The van der Waals surface area contributed by atoms with Gasteiger partial charge < -0.3 is 10.6 Å². The molecule has 0 saturated carbocycles. The van der Waals surface area contributed by atoms with Crippen LogP contribution >= 0.6 is 23.6 Å². The van der Waals surface area contributed by atoms with Crippen LogP contribution in [0.3, 0.4) is 0 Å². The minimum Gasteiger partial charge on any atom is -0.353 e. The molecule has 1 aromatic heterocycles. The van der Waals surface area contributed by atoms with E-state index in [1.165, 1.54) is 16.9 Å². The fourth-order valence-corrected chi connectivity index (χ4v) is 3.43. The van der Waals surface area contributed by atoms with Crippen molar-refractivity contribution in [2.75, 3.05) is 18.9 Å². The van der Waals surface area contributed by atoms with Crippen molar-refractivity contribution in [1.29, 1.82) is 0 Å². The van der Waals surface area contributed by atoms with Crippen LogP contribution in [0, 0.1) is 3.95 Å². The van der Waals surface area contributed by atoms with Gasteiger partial charge in [-0.15, -0.1) is 5.10 Å². The van der Waals surface area contributed by atoms with Crippen molar-refractivity contribution in [3.63, 3.8) is 0 Å². The molecule has 0 aliphatic carbocycles. The maximum absolute atomic E-state index is 11.8. The third-order valence-corrected chi connectivity index (χ3v) is 4.90. The first kappa shape index (κ1) is 20.5. The van der Waals surface area contributed by atoms with E-state index in [-0.39, 0.29) is 11.9 Å². The van der Waals surface area contributed by atoms with Crippen LogP contribution in [-0.2, 0) is 11.5 Å². The molecule has 0 fully saturated rings. The van der Waals surface area contributed by atoms with Gasteiger partial charge >= 0.3 is 0 Å². The lowest BCUT2D eigenvalue weighted by Gasteiger charge is -2.17. The Morgan fingerprint density at radius 3 is 2.50 bits per heavy atom. The number of benzene rings is 1. The van der Waals surface area contributed by atoms with Gasteiger partial charge in [0.25, 0.3) is 0 Å². The number of hydrogen-bond donors (Lipinski definition) is 2. The van der Waals surface area contributed by atoms with E-state index in [1.54, 1.807) is 4.68 Å².